The van der Waals surface area contributed by atoms with E-state index >= 15 is 0 Å². The summed E-state index contributed by atoms with van der Waals surface area (Å²) < 4.78 is 5.44. The third-order valence-electron chi connectivity index (χ3n) is 5.96. The Morgan fingerprint density at radius 1 is 1.19 bits per heavy atom. The second-order valence-electron chi connectivity index (χ2n) is 10.4. The SMILES string of the molecule is C=C(C)C(=CN)c1nccc(C(=O)Nc2cnccc2[C@@H]2C[C@H](C)C[C@H](NC(=O)OC(C)(C)C)C2)n1. The van der Waals surface area contributed by atoms with Crippen molar-refractivity contribution in [2.75, 3.05) is 5.32 Å². The van der Waals surface area contributed by atoms with E-state index in [1.807, 2.05) is 26.8 Å². The number of nitrogens with one attached hydrogen (secondary N) is 2. The Labute approximate surface area is 212 Å². The third-order valence-corrected chi connectivity index (χ3v) is 5.96. The first-order valence-electron chi connectivity index (χ1n) is 12.1. The van der Waals surface area contributed by atoms with Crippen LogP contribution in [0.3, 0.4) is 0 Å². The van der Waals surface area contributed by atoms with Gasteiger partial charge in [0, 0.05) is 30.2 Å². The van der Waals surface area contributed by atoms with Gasteiger partial charge in [-0.1, -0.05) is 13.5 Å². The van der Waals surface area contributed by atoms with Crippen LogP contribution in [0.2, 0.25) is 0 Å². The number of allylic oxidation sites excluding steroid dienone is 2. The van der Waals surface area contributed by atoms with Gasteiger partial charge in [-0.3, -0.25) is 9.78 Å². The fourth-order valence-electron chi connectivity index (χ4n) is 4.52. The lowest BCUT2D eigenvalue weighted by atomic mass is 9.76. The van der Waals surface area contributed by atoms with E-state index in [2.05, 4.69) is 39.1 Å². The first-order valence-corrected chi connectivity index (χ1v) is 12.1. The quantitative estimate of drug-likeness (QED) is 0.494. The van der Waals surface area contributed by atoms with E-state index in [4.69, 9.17) is 10.5 Å². The summed E-state index contributed by atoms with van der Waals surface area (Å²) in [7, 11) is 0. The molecule has 2 aromatic rings. The highest BCUT2D eigenvalue weighted by Crippen LogP contribution is 2.39. The minimum absolute atomic E-state index is 0.0293. The van der Waals surface area contributed by atoms with Crippen LogP contribution in [0.1, 0.15) is 81.7 Å². The second-order valence-corrected chi connectivity index (χ2v) is 10.4. The van der Waals surface area contributed by atoms with Crippen molar-refractivity contribution in [3.05, 3.63) is 66.2 Å². The van der Waals surface area contributed by atoms with Crippen LogP contribution in [0, 0.1) is 5.92 Å². The molecule has 3 rings (SSSR count). The van der Waals surface area contributed by atoms with Crippen LogP contribution < -0.4 is 16.4 Å². The number of hydrogen-bond acceptors (Lipinski definition) is 7. The van der Waals surface area contributed by atoms with E-state index in [1.54, 1.807) is 25.4 Å². The van der Waals surface area contributed by atoms with Crippen molar-refractivity contribution >= 4 is 23.3 Å². The predicted octanol–water partition coefficient (Wildman–Crippen LogP) is 4.80. The normalized spacial score (nSPS) is 20.4. The molecular weight excluding hydrogens is 456 g/mol. The van der Waals surface area contributed by atoms with E-state index < -0.39 is 11.7 Å². The molecule has 1 fully saturated rings. The summed E-state index contributed by atoms with van der Waals surface area (Å²) in [6, 6.07) is 3.44. The fourth-order valence-corrected chi connectivity index (χ4v) is 4.52. The topological polar surface area (TPSA) is 132 Å². The van der Waals surface area contributed by atoms with Crippen LogP contribution in [0.25, 0.3) is 5.57 Å². The predicted molar refractivity (Wildman–Crippen MR) is 140 cm³/mol. The van der Waals surface area contributed by atoms with E-state index in [9.17, 15) is 9.59 Å². The smallest absolute Gasteiger partial charge is 0.407 e. The molecule has 0 spiro atoms. The third kappa shape index (κ3) is 7.13. The van der Waals surface area contributed by atoms with Crippen molar-refractivity contribution in [2.45, 2.75) is 71.4 Å². The Hall–Kier alpha value is -3.75. The van der Waals surface area contributed by atoms with Crippen molar-refractivity contribution in [3.8, 4) is 0 Å². The minimum Gasteiger partial charge on any atom is -0.444 e. The molecule has 3 atom stereocenters. The molecule has 1 aliphatic carbocycles. The average Bonchev–Trinajstić information content (AvgIpc) is 2.78. The van der Waals surface area contributed by atoms with Crippen molar-refractivity contribution in [1.29, 1.82) is 0 Å². The number of carbonyl (C=O) groups is 2. The van der Waals surface area contributed by atoms with Gasteiger partial charge in [0.15, 0.2) is 5.82 Å². The van der Waals surface area contributed by atoms with Crippen LogP contribution in [0.5, 0.6) is 0 Å². The summed E-state index contributed by atoms with van der Waals surface area (Å²) in [5.41, 5.74) is 8.21. The summed E-state index contributed by atoms with van der Waals surface area (Å²) in [6.07, 6.45) is 8.37. The number of rotatable bonds is 6. The second kappa shape index (κ2) is 11.3. The molecule has 0 bridgehead atoms. The summed E-state index contributed by atoms with van der Waals surface area (Å²) in [5.74, 6) is 0.469. The number of nitrogens with zero attached hydrogens (tertiary/aromatic N) is 3. The number of nitrogens with two attached hydrogens (primary N) is 1. The van der Waals surface area contributed by atoms with Gasteiger partial charge >= 0.3 is 6.09 Å². The summed E-state index contributed by atoms with van der Waals surface area (Å²) in [5, 5.41) is 5.98. The van der Waals surface area contributed by atoms with Gasteiger partial charge in [-0.25, -0.2) is 14.8 Å². The summed E-state index contributed by atoms with van der Waals surface area (Å²) >= 11 is 0. The molecule has 0 saturated heterocycles. The van der Waals surface area contributed by atoms with Crippen molar-refractivity contribution in [1.82, 2.24) is 20.3 Å². The summed E-state index contributed by atoms with van der Waals surface area (Å²) in [6.45, 7) is 13.4. The van der Waals surface area contributed by atoms with Gasteiger partial charge in [0.2, 0.25) is 0 Å². The molecule has 2 amide bonds. The zero-order chi connectivity index (χ0) is 26.5. The summed E-state index contributed by atoms with van der Waals surface area (Å²) in [4.78, 5) is 38.3. The Balaban J connectivity index is 1.78. The van der Waals surface area contributed by atoms with Crippen LogP contribution in [0.4, 0.5) is 10.5 Å². The van der Waals surface area contributed by atoms with E-state index in [1.165, 1.54) is 12.4 Å². The number of hydrogen-bond donors (Lipinski definition) is 3. The molecule has 1 aliphatic rings. The lowest BCUT2D eigenvalue weighted by Crippen LogP contribution is -2.42. The number of pyridine rings is 1. The maximum Gasteiger partial charge on any atom is 0.407 e. The first-order chi connectivity index (χ1) is 17.0. The molecule has 0 radical (unpaired) electrons. The zero-order valence-electron chi connectivity index (χ0n) is 21.7. The van der Waals surface area contributed by atoms with Gasteiger partial charge in [-0.05, 0) is 82.1 Å². The Bertz CT molecular complexity index is 1150. The Morgan fingerprint density at radius 3 is 2.61 bits per heavy atom. The largest absolute Gasteiger partial charge is 0.444 e. The number of alkyl carbamates (subject to hydrolysis) is 1. The Morgan fingerprint density at radius 2 is 1.94 bits per heavy atom. The number of carbonyl (C=O) groups excluding carboxylic acids is 2. The highest BCUT2D eigenvalue weighted by atomic mass is 16.6. The van der Waals surface area contributed by atoms with Crippen molar-refractivity contribution in [2.24, 2.45) is 11.7 Å². The molecule has 0 unspecified atom stereocenters. The first kappa shape index (κ1) is 26.8. The van der Waals surface area contributed by atoms with E-state index in [0.717, 1.165) is 24.8 Å². The highest BCUT2D eigenvalue weighted by molar-refractivity contribution is 6.03. The minimum atomic E-state index is -0.557. The number of ether oxygens (including phenoxy) is 1. The molecule has 0 aliphatic heterocycles. The fraction of sp³-hybridized carbons (Fsp3) is 0.444. The molecular formula is C27H36N6O3. The van der Waals surface area contributed by atoms with Crippen LogP contribution in [0.15, 0.2) is 49.1 Å². The number of amides is 2. The van der Waals surface area contributed by atoms with E-state index in [-0.39, 0.29) is 23.6 Å². The van der Waals surface area contributed by atoms with Gasteiger partial charge in [-0.2, -0.15) is 0 Å². The standard InChI is InChI=1S/C27H36N6O3/c1-16(2)21(14-28)24-30-10-8-22(32-24)25(34)33-23-15-29-9-7-20(23)18-11-17(3)12-19(13-18)31-26(35)36-27(4,5)6/h7-10,14-15,17-19H,1,11-13,28H2,2-6H3,(H,31,35)(H,33,34)/t17-,18+,19-/m0/s1. The van der Waals surface area contributed by atoms with Gasteiger partial charge in [0.05, 0.1) is 11.9 Å². The maximum absolute atomic E-state index is 13.1. The lowest BCUT2D eigenvalue weighted by molar-refractivity contribution is 0.0482. The van der Waals surface area contributed by atoms with Crippen LogP contribution in [-0.2, 0) is 4.74 Å². The highest BCUT2D eigenvalue weighted by Gasteiger charge is 2.31. The van der Waals surface area contributed by atoms with Gasteiger partial charge in [-0.15, -0.1) is 0 Å². The average molecular weight is 493 g/mol. The molecule has 9 nitrogen and oxygen atoms in total. The molecule has 192 valence electrons. The monoisotopic (exact) mass is 492 g/mol. The molecule has 9 heteroatoms. The van der Waals surface area contributed by atoms with Crippen molar-refractivity contribution in [3.63, 3.8) is 0 Å². The zero-order valence-corrected chi connectivity index (χ0v) is 21.7. The Kier molecular flexibility index (Phi) is 8.45. The lowest BCUT2D eigenvalue weighted by Gasteiger charge is -2.35. The number of aromatic nitrogens is 3. The van der Waals surface area contributed by atoms with Crippen molar-refractivity contribution < 1.29 is 14.3 Å². The molecule has 1 saturated carbocycles. The molecule has 2 aromatic heterocycles. The van der Waals surface area contributed by atoms with Gasteiger partial charge < -0.3 is 21.1 Å². The van der Waals surface area contributed by atoms with Gasteiger partial charge in [0.25, 0.3) is 5.91 Å². The molecule has 36 heavy (non-hydrogen) atoms. The maximum atomic E-state index is 13.1. The van der Waals surface area contributed by atoms with Crippen LogP contribution >= 0.6 is 0 Å². The molecule has 2 heterocycles. The van der Waals surface area contributed by atoms with Gasteiger partial charge in [0.1, 0.15) is 11.3 Å². The van der Waals surface area contributed by atoms with Crippen LogP contribution in [-0.4, -0.2) is 38.6 Å². The molecule has 0 aromatic carbocycles. The number of anilines is 1. The van der Waals surface area contributed by atoms with E-state index in [0.29, 0.717) is 28.6 Å². The molecule has 4 N–H and O–H groups in total.